The highest BCUT2D eigenvalue weighted by Crippen LogP contribution is 2.25. The molecule has 0 aliphatic carbocycles. The first kappa shape index (κ1) is 15.3. The normalized spacial score (nSPS) is 17.4. The summed E-state index contributed by atoms with van der Waals surface area (Å²) in [6.07, 6.45) is 1.34. The number of hydrogen-bond acceptors (Lipinski definition) is 2. The van der Waals surface area contributed by atoms with Gasteiger partial charge in [0.05, 0.1) is 11.3 Å². The van der Waals surface area contributed by atoms with E-state index < -0.39 is 6.04 Å². The van der Waals surface area contributed by atoms with Crippen LogP contribution in [0.2, 0.25) is 0 Å². The molecule has 1 aliphatic rings. The van der Waals surface area contributed by atoms with E-state index >= 15 is 0 Å². The van der Waals surface area contributed by atoms with Crippen LogP contribution < -0.4 is 10.2 Å². The molecule has 0 saturated carbocycles. The van der Waals surface area contributed by atoms with E-state index in [1.165, 1.54) is 0 Å². The molecule has 0 aromatic heterocycles. The van der Waals surface area contributed by atoms with Gasteiger partial charge < -0.3 is 10.2 Å². The second-order valence-corrected chi connectivity index (χ2v) is 5.72. The molecule has 0 radical (unpaired) electrons. The Balaban J connectivity index is 1.96. The third-order valence-corrected chi connectivity index (χ3v) is 4.04. The topological polar surface area (TPSA) is 49.4 Å². The number of benzene rings is 2. The van der Waals surface area contributed by atoms with Crippen LogP contribution in [0.4, 0.5) is 5.69 Å². The number of carbonyl (C=O) groups excluding carboxylic acids is 2. The van der Waals surface area contributed by atoms with Crippen molar-refractivity contribution in [3.63, 3.8) is 0 Å². The summed E-state index contributed by atoms with van der Waals surface area (Å²) >= 11 is 0. The van der Waals surface area contributed by atoms with E-state index in [1.807, 2.05) is 55.5 Å². The highest BCUT2D eigenvalue weighted by molar-refractivity contribution is 6.11. The van der Waals surface area contributed by atoms with Gasteiger partial charge in [0.1, 0.15) is 6.04 Å². The minimum Gasteiger partial charge on any atom is -0.340 e. The predicted molar refractivity (Wildman–Crippen MR) is 90.5 cm³/mol. The van der Waals surface area contributed by atoms with Crippen LogP contribution in [0.3, 0.4) is 0 Å². The van der Waals surface area contributed by atoms with Crippen molar-refractivity contribution >= 4 is 17.5 Å². The number of para-hydroxylation sites is 1. The van der Waals surface area contributed by atoms with Crippen LogP contribution in [0.15, 0.2) is 54.6 Å². The van der Waals surface area contributed by atoms with Crippen LogP contribution in [0.5, 0.6) is 0 Å². The van der Waals surface area contributed by atoms with Gasteiger partial charge in [-0.15, -0.1) is 0 Å². The van der Waals surface area contributed by atoms with E-state index in [1.54, 1.807) is 11.0 Å². The van der Waals surface area contributed by atoms with E-state index in [-0.39, 0.29) is 11.8 Å². The Kier molecular flexibility index (Phi) is 4.42. The van der Waals surface area contributed by atoms with Crippen molar-refractivity contribution in [2.75, 3.05) is 11.4 Å². The zero-order chi connectivity index (χ0) is 16.2. The number of amides is 2. The van der Waals surface area contributed by atoms with E-state index in [9.17, 15) is 9.59 Å². The Labute approximate surface area is 136 Å². The second-order valence-electron chi connectivity index (χ2n) is 5.72. The standard InChI is InChI=1S/C19H20N2O2/c1-2-12-21-17-11-7-6-10-15(17)18(22)20-16(19(21)23)13-14-8-4-3-5-9-14/h3-11,16H,2,12-13H2,1H3,(H,20,22)/t16-/m0/s1. The van der Waals surface area contributed by atoms with Gasteiger partial charge in [0, 0.05) is 13.0 Å². The number of nitrogens with one attached hydrogen (secondary N) is 1. The van der Waals surface area contributed by atoms with Gasteiger partial charge in [0.2, 0.25) is 5.91 Å². The van der Waals surface area contributed by atoms with E-state index in [4.69, 9.17) is 0 Å². The Morgan fingerprint density at radius 1 is 1.00 bits per heavy atom. The van der Waals surface area contributed by atoms with E-state index in [2.05, 4.69) is 5.32 Å². The first-order chi connectivity index (χ1) is 11.2. The van der Waals surface area contributed by atoms with Gasteiger partial charge in [-0.1, -0.05) is 49.4 Å². The van der Waals surface area contributed by atoms with Crippen LogP contribution in [0.25, 0.3) is 0 Å². The third kappa shape index (κ3) is 3.11. The van der Waals surface area contributed by atoms with Crippen molar-refractivity contribution in [1.29, 1.82) is 0 Å². The Morgan fingerprint density at radius 3 is 2.43 bits per heavy atom. The van der Waals surface area contributed by atoms with Crippen LogP contribution in [0, 0.1) is 0 Å². The van der Waals surface area contributed by atoms with Gasteiger partial charge in [-0.05, 0) is 24.1 Å². The lowest BCUT2D eigenvalue weighted by atomic mass is 10.0. The summed E-state index contributed by atoms with van der Waals surface area (Å²) in [6, 6.07) is 16.5. The van der Waals surface area contributed by atoms with Crippen molar-refractivity contribution in [1.82, 2.24) is 5.32 Å². The lowest BCUT2D eigenvalue weighted by Crippen LogP contribution is -2.47. The van der Waals surface area contributed by atoms with Crippen molar-refractivity contribution in [3.05, 3.63) is 65.7 Å². The summed E-state index contributed by atoms with van der Waals surface area (Å²) < 4.78 is 0. The van der Waals surface area contributed by atoms with Crippen molar-refractivity contribution < 1.29 is 9.59 Å². The van der Waals surface area contributed by atoms with Crippen LogP contribution in [0.1, 0.15) is 29.3 Å². The number of nitrogens with zero attached hydrogens (tertiary/aromatic N) is 1. The summed E-state index contributed by atoms with van der Waals surface area (Å²) in [4.78, 5) is 27.2. The molecule has 23 heavy (non-hydrogen) atoms. The van der Waals surface area contributed by atoms with Gasteiger partial charge in [-0.25, -0.2) is 0 Å². The molecule has 1 atom stereocenters. The molecular formula is C19H20N2O2. The summed E-state index contributed by atoms with van der Waals surface area (Å²) in [5.41, 5.74) is 2.30. The predicted octanol–water partition coefficient (Wildman–Crippen LogP) is 2.78. The van der Waals surface area contributed by atoms with Gasteiger partial charge in [0.25, 0.3) is 5.91 Å². The highest BCUT2D eigenvalue weighted by Gasteiger charge is 2.33. The molecule has 2 aromatic rings. The molecular weight excluding hydrogens is 288 g/mol. The molecule has 0 unspecified atom stereocenters. The quantitative estimate of drug-likeness (QED) is 0.944. The number of rotatable bonds is 4. The number of fused-ring (bicyclic) bond motifs is 1. The van der Waals surface area contributed by atoms with Gasteiger partial charge in [0.15, 0.2) is 0 Å². The van der Waals surface area contributed by atoms with Crippen molar-refractivity contribution in [3.8, 4) is 0 Å². The fourth-order valence-electron chi connectivity index (χ4n) is 2.95. The first-order valence-electron chi connectivity index (χ1n) is 7.96. The molecule has 0 bridgehead atoms. The summed E-state index contributed by atoms with van der Waals surface area (Å²) in [7, 11) is 0. The molecule has 4 heteroatoms. The molecule has 2 amide bonds. The molecule has 1 heterocycles. The number of carbonyl (C=O) groups is 2. The summed E-state index contributed by atoms with van der Waals surface area (Å²) in [5, 5.41) is 2.89. The van der Waals surface area contributed by atoms with E-state index in [0.717, 1.165) is 12.0 Å². The summed E-state index contributed by atoms with van der Waals surface area (Å²) in [6.45, 7) is 2.64. The maximum atomic E-state index is 13.0. The molecule has 2 aromatic carbocycles. The Hall–Kier alpha value is -2.62. The minimum atomic E-state index is -0.538. The molecule has 1 aliphatic heterocycles. The lowest BCUT2D eigenvalue weighted by molar-refractivity contribution is -0.120. The zero-order valence-corrected chi connectivity index (χ0v) is 13.2. The Bertz CT molecular complexity index is 712. The molecule has 0 fully saturated rings. The summed E-state index contributed by atoms with van der Waals surface area (Å²) in [5.74, 6) is -0.234. The maximum Gasteiger partial charge on any atom is 0.254 e. The van der Waals surface area contributed by atoms with Gasteiger partial charge >= 0.3 is 0 Å². The number of hydrogen-bond donors (Lipinski definition) is 1. The highest BCUT2D eigenvalue weighted by atomic mass is 16.2. The SMILES string of the molecule is CCCN1C(=O)[C@H](Cc2ccccc2)NC(=O)c2ccccc21. The number of anilines is 1. The van der Waals surface area contributed by atoms with Gasteiger partial charge in [-0.3, -0.25) is 9.59 Å². The fraction of sp³-hybridized carbons (Fsp3) is 0.263. The molecule has 1 N–H and O–H groups in total. The average molecular weight is 308 g/mol. The molecule has 0 spiro atoms. The molecule has 4 nitrogen and oxygen atoms in total. The lowest BCUT2D eigenvalue weighted by Gasteiger charge is -2.25. The largest absolute Gasteiger partial charge is 0.340 e. The van der Waals surface area contributed by atoms with Crippen LogP contribution in [-0.2, 0) is 11.2 Å². The molecule has 118 valence electrons. The van der Waals surface area contributed by atoms with Gasteiger partial charge in [-0.2, -0.15) is 0 Å². The second kappa shape index (κ2) is 6.65. The van der Waals surface area contributed by atoms with E-state index in [0.29, 0.717) is 24.2 Å². The smallest absolute Gasteiger partial charge is 0.254 e. The first-order valence-corrected chi connectivity index (χ1v) is 7.96. The zero-order valence-electron chi connectivity index (χ0n) is 13.2. The van der Waals surface area contributed by atoms with Crippen LogP contribution in [-0.4, -0.2) is 24.4 Å². The minimum absolute atomic E-state index is 0.0472. The monoisotopic (exact) mass is 308 g/mol. The molecule has 3 rings (SSSR count). The van der Waals surface area contributed by atoms with Crippen molar-refractivity contribution in [2.24, 2.45) is 0 Å². The maximum absolute atomic E-state index is 13.0. The third-order valence-electron chi connectivity index (χ3n) is 4.04. The molecule has 0 saturated heterocycles. The fourth-order valence-corrected chi connectivity index (χ4v) is 2.95. The van der Waals surface area contributed by atoms with Crippen molar-refractivity contribution in [2.45, 2.75) is 25.8 Å². The Morgan fingerprint density at radius 2 is 1.70 bits per heavy atom. The average Bonchev–Trinajstić information content (AvgIpc) is 2.67. The van der Waals surface area contributed by atoms with Crippen LogP contribution >= 0.6 is 0 Å².